The smallest absolute Gasteiger partial charge is 0.0361 e. The summed E-state index contributed by atoms with van der Waals surface area (Å²) in [6, 6.07) is 49.4. The molecule has 0 saturated heterocycles. The van der Waals surface area contributed by atoms with E-state index in [9.17, 15) is 0 Å². The second-order valence-electron chi connectivity index (χ2n) is 10.5. The Morgan fingerprint density at radius 3 is 1.93 bits per heavy atom. The van der Waals surface area contributed by atoms with Crippen LogP contribution in [0.4, 0.5) is 0 Å². The summed E-state index contributed by atoms with van der Waals surface area (Å²) in [5.74, 6) is 0. The fourth-order valence-corrected chi connectivity index (χ4v) is 8.78. The third kappa shape index (κ3) is 3.21. The van der Waals surface area contributed by atoms with Crippen molar-refractivity contribution < 1.29 is 0 Å². The maximum Gasteiger partial charge on any atom is 0.0361 e. The summed E-state index contributed by atoms with van der Waals surface area (Å²) < 4.78 is 2.68. The van der Waals surface area contributed by atoms with Crippen molar-refractivity contribution in [1.29, 1.82) is 0 Å². The van der Waals surface area contributed by atoms with Crippen molar-refractivity contribution in [3.05, 3.63) is 133 Å². The standard InChI is InChI=1S/C38H22S2/c1-2-11-27-26(10-1)25(19-20-28(27)29-14-7-17-36-38(29)31-12-3-4-15-33(31)39-36)24-18-21-34-32(22-24)30-13-5-8-23-9-6-16-35(40-34)37(23)30/h1-22H. The van der Waals surface area contributed by atoms with Crippen LogP contribution in [0.1, 0.15) is 0 Å². The lowest BCUT2D eigenvalue weighted by Gasteiger charge is -2.21. The second-order valence-corrected chi connectivity index (χ2v) is 12.6. The molecular weight excluding hydrogens is 521 g/mol. The predicted molar refractivity (Wildman–Crippen MR) is 175 cm³/mol. The van der Waals surface area contributed by atoms with Crippen LogP contribution in [0, 0.1) is 0 Å². The largest absolute Gasteiger partial charge is 0.135 e. The second kappa shape index (κ2) is 8.56. The minimum absolute atomic E-state index is 1.26. The molecule has 8 aromatic rings. The number of benzene rings is 7. The Balaban J connectivity index is 1.27. The molecule has 0 N–H and O–H groups in total. The summed E-state index contributed by atoms with van der Waals surface area (Å²) in [5, 5.41) is 7.96. The fraction of sp³-hybridized carbons (Fsp3) is 0. The summed E-state index contributed by atoms with van der Waals surface area (Å²) in [7, 11) is 0. The number of hydrogen-bond acceptors (Lipinski definition) is 2. The molecule has 0 atom stereocenters. The van der Waals surface area contributed by atoms with Crippen molar-refractivity contribution in [3.8, 4) is 33.4 Å². The van der Waals surface area contributed by atoms with Crippen LogP contribution in [0.25, 0.3) is 75.1 Å². The zero-order valence-electron chi connectivity index (χ0n) is 21.5. The van der Waals surface area contributed by atoms with Crippen molar-refractivity contribution >= 4 is 64.8 Å². The van der Waals surface area contributed by atoms with E-state index in [0.29, 0.717) is 0 Å². The van der Waals surface area contributed by atoms with Crippen LogP contribution in [-0.4, -0.2) is 0 Å². The molecule has 0 nitrogen and oxygen atoms in total. The van der Waals surface area contributed by atoms with Gasteiger partial charge in [0.15, 0.2) is 0 Å². The lowest BCUT2D eigenvalue weighted by atomic mass is 9.89. The highest BCUT2D eigenvalue weighted by Crippen LogP contribution is 2.49. The first-order chi connectivity index (χ1) is 19.8. The van der Waals surface area contributed by atoms with Crippen molar-refractivity contribution in [2.45, 2.75) is 9.79 Å². The first kappa shape index (κ1) is 22.4. The molecule has 0 unspecified atom stereocenters. The molecule has 1 aliphatic rings. The van der Waals surface area contributed by atoms with Crippen molar-refractivity contribution in [2.75, 3.05) is 0 Å². The van der Waals surface area contributed by atoms with E-state index in [1.165, 1.54) is 84.9 Å². The Labute approximate surface area is 240 Å². The number of fused-ring (bicyclic) bond motifs is 6. The highest BCUT2D eigenvalue weighted by molar-refractivity contribution is 7.99. The molecular formula is C38H22S2. The van der Waals surface area contributed by atoms with Crippen molar-refractivity contribution in [2.24, 2.45) is 0 Å². The average Bonchev–Trinajstić information content (AvgIpc) is 3.40. The Morgan fingerprint density at radius 1 is 0.375 bits per heavy atom. The van der Waals surface area contributed by atoms with E-state index in [0.717, 1.165) is 0 Å². The first-order valence-electron chi connectivity index (χ1n) is 13.6. The van der Waals surface area contributed by atoms with Gasteiger partial charge in [-0.25, -0.2) is 0 Å². The minimum atomic E-state index is 1.26. The van der Waals surface area contributed by atoms with E-state index in [1.807, 2.05) is 23.1 Å². The van der Waals surface area contributed by atoms with Gasteiger partial charge in [-0.1, -0.05) is 115 Å². The summed E-state index contributed by atoms with van der Waals surface area (Å²) in [6.07, 6.45) is 0. The maximum atomic E-state index is 2.40. The quantitative estimate of drug-likeness (QED) is 0.209. The summed E-state index contributed by atoms with van der Waals surface area (Å²) >= 11 is 3.77. The zero-order valence-corrected chi connectivity index (χ0v) is 23.2. The van der Waals surface area contributed by atoms with Gasteiger partial charge >= 0.3 is 0 Å². The van der Waals surface area contributed by atoms with Crippen LogP contribution in [0.15, 0.2) is 143 Å². The monoisotopic (exact) mass is 542 g/mol. The van der Waals surface area contributed by atoms with Crippen LogP contribution in [0.3, 0.4) is 0 Å². The number of thiophene rings is 1. The molecule has 2 heterocycles. The van der Waals surface area contributed by atoms with Gasteiger partial charge in [0, 0.05) is 35.3 Å². The lowest BCUT2D eigenvalue weighted by Crippen LogP contribution is -1.94. The van der Waals surface area contributed by atoms with Crippen LogP contribution >= 0.6 is 23.1 Å². The Morgan fingerprint density at radius 2 is 1.05 bits per heavy atom. The van der Waals surface area contributed by atoms with Crippen LogP contribution in [0.5, 0.6) is 0 Å². The van der Waals surface area contributed by atoms with E-state index in [2.05, 4.69) is 133 Å². The van der Waals surface area contributed by atoms with Crippen LogP contribution < -0.4 is 0 Å². The van der Waals surface area contributed by atoms with Gasteiger partial charge in [-0.3, -0.25) is 0 Å². The highest BCUT2D eigenvalue weighted by atomic mass is 32.2. The Hall–Kier alpha value is -4.37. The SMILES string of the molecule is c1cc2c3c(cccc3c1)-c1cc(-c3ccc(-c4cccc5sc6ccccc6c45)c4ccccc34)ccc1S2. The van der Waals surface area contributed by atoms with Gasteiger partial charge in [0.05, 0.1) is 0 Å². The normalized spacial score (nSPS) is 12.4. The van der Waals surface area contributed by atoms with Crippen molar-refractivity contribution in [3.63, 3.8) is 0 Å². The molecule has 0 spiro atoms. The molecule has 0 aliphatic carbocycles. The molecule has 9 rings (SSSR count). The maximum absolute atomic E-state index is 2.40. The van der Waals surface area contributed by atoms with Gasteiger partial charge in [-0.15, -0.1) is 11.3 Å². The molecule has 186 valence electrons. The van der Waals surface area contributed by atoms with Crippen LogP contribution in [0.2, 0.25) is 0 Å². The topological polar surface area (TPSA) is 0 Å². The average molecular weight is 543 g/mol. The van der Waals surface area contributed by atoms with Crippen LogP contribution in [-0.2, 0) is 0 Å². The molecule has 0 radical (unpaired) electrons. The van der Waals surface area contributed by atoms with E-state index in [4.69, 9.17) is 0 Å². The zero-order chi connectivity index (χ0) is 26.2. The van der Waals surface area contributed by atoms with Gasteiger partial charge in [0.2, 0.25) is 0 Å². The molecule has 40 heavy (non-hydrogen) atoms. The summed E-state index contributed by atoms with van der Waals surface area (Å²) in [6.45, 7) is 0. The Bertz CT molecular complexity index is 2300. The summed E-state index contributed by atoms with van der Waals surface area (Å²) in [4.78, 5) is 2.67. The fourth-order valence-electron chi connectivity index (χ4n) is 6.52. The van der Waals surface area contributed by atoms with E-state index >= 15 is 0 Å². The van der Waals surface area contributed by atoms with E-state index in [-0.39, 0.29) is 0 Å². The Kier molecular flexibility index (Phi) is 4.81. The predicted octanol–water partition coefficient (Wildman–Crippen LogP) is 11.8. The van der Waals surface area contributed by atoms with Gasteiger partial charge in [-0.05, 0) is 79.9 Å². The molecule has 0 saturated carbocycles. The van der Waals surface area contributed by atoms with Gasteiger partial charge in [0.1, 0.15) is 0 Å². The van der Waals surface area contributed by atoms with Gasteiger partial charge < -0.3 is 0 Å². The first-order valence-corrected chi connectivity index (χ1v) is 15.2. The minimum Gasteiger partial charge on any atom is -0.135 e. The van der Waals surface area contributed by atoms with Crippen molar-refractivity contribution in [1.82, 2.24) is 0 Å². The molecule has 0 bridgehead atoms. The third-order valence-electron chi connectivity index (χ3n) is 8.28. The molecule has 7 aromatic carbocycles. The lowest BCUT2D eigenvalue weighted by molar-refractivity contribution is 1.40. The molecule has 1 aliphatic heterocycles. The van der Waals surface area contributed by atoms with E-state index in [1.54, 1.807) is 0 Å². The molecule has 2 heteroatoms. The third-order valence-corrected chi connectivity index (χ3v) is 10.6. The molecule has 0 fully saturated rings. The number of rotatable bonds is 2. The molecule has 0 amide bonds. The number of hydrogen-bond donors (Lipinski definition) is 0. The van der Waals surface area contributed by atoms with Gasteiger partial charge in [-0.2, -0.15) is 0 Å². The van der Waals surface area contributed by atoms with E-state index < -0.39 is 0 Å². The molecule has 1 aromatic heterocycles. The summed E-state index contributed by atoms with van der Waals surface area (Å²) in [5.41, 5.74) is 7.80. The highest BCUT2D eigenvalue weighted by Gasteiger charge is 2.20. The van der Waals surface area contributed by atoms with Gasteiger partial charge in [0.25, 0.3) is 0 Å².